The number of piperidine rings is 1. The van der Waals surface area contributed by atoms with Crippen molar-refractivity contribution in [3.8, 4) is 0 Å². The molecule has 0 saturated carbocycles. The zero-order chi connectivity index (χ0) is 12.8. The van der Waals surface area contributed by atoms with Gasteiger partial charge in [0.1, 0.15) is 5.76 Å². The maximum Gasteiger partial charge on any atom is 0.315 e. The van der Waals surface area contributed by atoms with Gasteiger partial charge < -0.3 is 4.74 Å². The van der Waals surface area contributed by atoms with E-state index in [2.05, 4.69) is 17.6 Å². The van der Waals surface area contributed by atoms with E-state index in [1.165, 1.54) is 6.42 Å². The first-order valence-corrected chi connectivity index (χ1v) is 7.03. The van der Waals surface area contributed by atoms with Crippen molar-refractivity contribution in [1.29, 1.82) is 0 Å². The summed E-state index contributed by atoms with van der Waals surface area (Å²) in [6.45, 7) is 6.50. The van der Waals surface area contributed by atoms with Gasteiger partial charge >= 0.3 is 5.97 Å². The zero-order valence-electron chi connectivity index (χ0n) is 11.1. The maximum absolute atomic E-state index is 12.1. The largest absolute Gasteiger partial charge is 0.431 e. The Hall–Kier alpha value is -1.09. The van der Waals surface area contributed by atoms with Crippen LogP contribution in [0.25, 0.3) is 0 Å². The van der Waals surface area contributed by atoms with Crippen molar-refractivity contribution in [2.24, 2.45) is 5.92 Å². The molecule has 0 aromatic rings. The Morgan fingerprint density at radius 2 is 2.39 bits per heavy atom. The molecule has 1 saturated heterocycles. The van der Waals surface area contributed by atoms with Crippen molar-refractivity contribution in [3.63, 3.8) is 0 Å². The fourth-order valence-corrected chi connectivity index (χ4v) is 2.71. The van der Waals surface area contributed by atoms with Gasteiger partial charge in [0.15, 0.2) is 0 Å². The molecule has 100 valence electrons. The van der Waals surface area contributed by atoms with E-state index in [9.17, 15) is 4.79 Å². The lowest BCUT2D eigenvalue weighted by atomic mass is 9.98. The molecule has 2 rings (SSSR count). The number of ether oxygens (including phenoxy) is 1. The number of likely N-dealkylation sites (tertiary alicyclic amines) is 1. The number of carbonyl (C=O) groups is 1. The Bertz CT molecular complexity index is 335. The summed E-state index contributed by atoms with van der Waals surface area (Å²) in [4.78, 5) is 14.4. The Morgan fingerprint density at radius 1 is 1.50 bits per heavy atom. The van der Waals surface area contributed by atoms with E-state index in [4.69, 9.17) is 4.74 Å². The van der Waals surface area contributed by atoms with Crippen molar-refractivity contribution in [2.75, 3.05) is 19.6 Å². The lowest BCUT2D eigenvalue weighted by Crippen LogP contribution is -2.39. The van der Waals surface area contributed by atoms with Crippen molar-refractivity contribution in [1.82, 2.24) is 4.90 Å². The van der Waals surface area contributed by atoms with Crippen LogP contribution in [0.15, 0.2) is 24.5 Å². The second kappa shape index (κ2) is 6.74. The molecular formula is C15H23NO2. The third-order valence-electron chi connectivity index (χ3n) is 3.71. The van der Waals surface area contributed by atoms with Crippen LogP contribution in [0.1, 0.15) is 38.5 Å². The third kappa shape index (κ3) is 3.70. The molecule has 0 bridgehead atoms. The van der Waals surface area contributed by atoms with E-state index in [1.807, 2.05) is 6.08 Å². The summed E-state index contributed by atoms with van der Waals surface area (Å²) < 4.78 is 5.53. The van der Waals surface area contributed by atoms with Gasteiger partial charge in [0, 0.05) is 19.5 Å². The minimum absolute atomic E-state index is 0.0306. The summed E-state index contributed by atoms with van der Waals surface area (Å²) in [5.74, 6) is 0.908. The smallest absolute Gasteiger partial charge is 0.315 e. The number of hydrogen-bond acceptors (Lipinski definition) is 3. The van der Waals surface area contributed by atoms with Gasteiger partial charge in [0.05, 0.1) is 5.92 Å². The van der Waals surface area contributed by atoms with Crippen molar-refractivity contribution < 1.29 is 9.53 Å². The van der Waals surface area contributed by atoms with E-state index in [1.54, 1.807) is 0 Å². The fourth-order valence-electron chi connectivity index (χ4n) is 2.71. The second-order valence-electron chi connectivity index (χ2n) is 5.22. The molecule has 1 heterocycles. The first-order valence-electron chi connectivity index (χ1n) is 7.03. The predicted octanol–water partition coefficient (Wildman–Crippen LogP) is 2.89. The quantitative estimate of drug-likeness (QED) is 0.567. The highest BCUT2D eigenvalue weighted by Crippen LogP contribution is 2.23. The molecular weight excluding hydrogens is 226 g/mol. The maximum atomic E-state index is 12.1. The molecule has 1 fully saturated rings. The monoisotopic (exact) mass is 249 g/mol. The highest BCUT2D eigenvalue weighted by Gasteiger charge is 2.27. The van der Waals surface area contributed by atoms with Gasteiger partial charge in [-0.25, -0.2) is 0 Å². The van der Waals surface area contributed by atoms with Crippen LogP contribution >= 0.6 is 0 Å². The van der Waals surface area contributed by atoms with E-state index >= 15 is 0 Å². The summed E-state index contributed by atoms with van der Waals surface area (Å²) in [5.41, 5.74) is 0. The standard InChI is InChI=1S/C15H23NO2/c1-2-10-16-11-6-7-13(12-16)15(17)18-14-8-4-3-5-9-14/h2,8,13H,1,3-7,9-12H2. The molecule has 2 aliphatic rings. The molecule has 1 aliphatic heterocycles. The average Bonchev–Trinajstić information content (AvgIpc) is 2.40. The molecule has 1 unspecified atom stereocenters. The number of rotatable bonds is 4. The lowest BCUT2D eigenvalue weighted by Gasteiger charge is -2.30. The molecule has 1 atom stereocenters. The van der Waals surface area contributed by atoms with Crippen LogP contribution in [0.3, 0.4) is 0 Å². The predicted molar refractivity (Wildman–Crippen MR) is 72.0 cm³/mol. The van der Waals surface area contributed by atoms with Crippen LogP contribution in [-0.2, 0) is 9.53 Å². The number of nitrogens with zero attached hydrogens (tertiary/aromatic N) is 1. The number of carbonyl (C=O) groups excluding carboxylic acids is 1. The van der Waals surface area contributed by atoms with Crippen molar-refractivity contribution in [3.05, 3.63) is 24.5 Å². The minimum Gasteiger partial charge on any atom is -0.431 e. The van der Waals surface area contributed by atoms with Crippen LogP contribution in [0.2, 0.25) is 0 Å². The zero-order valence-corrected chi connectivity index (χ0v) is 11.1. The van der Waals surface area contributed by atoms with Crippen molar-refractivity contribution >= 4 is 5.97 Å². The SMILES string of the molecule is C=CCN1CCCC(C(=O)OC2=CCCCC2)C1. The molecule has 3 nitrogen and oxygen atoms in total. The van der Waals surface area contributed by atoms with Crippen LogP contribution < -0.4 is 0 Å². The summed E-state index contributed by atoms with van der Waals surface area (Å²) >= 11 is 0. The number of hydrogen-bond donors (Lipinski definition) is 0. The van der Waals surface area contributed by atoms with Crippen molar-refractivity contribution in [2.45, 2.75) is 38.5 Å². The molecule has 0 radical (unpaired) electrons. The average molecular weight is 249 g/mol. The molecule has 3 heteroatoms. The Labute approximate surface area is 109 Å². The second-order valence-corrected chi connectivity index (χ2v) is 5.22. The summed E-state index contributed by atoms with van der Waals surface area (Å²) in [7, 11) is 0. The highest BCUT2D eigenvalue weighted by atomic mass is 16.5. The highest BCUT2D eigenvalue weighted by molar-refractivity contribution is 5.74. The molecule has 0 amide bonds. The topological polar surface area (TPSA) is 29.5 Å². The van der Waals surface area contributed by atoms with Crippen LogP contribution in [0.5, 0.6) is 0 Å². The first-order chi connectivity index (χ1) is 8.79. The van der Waals surface area contributed by atoms with Gasteiger partial charge in [-0.2, -0.15) is 0 Å². The minimum atomic E-state index is -0.0306. The molecule has 18 heavy (non-hydrogen) atoms. The van der Waals surface area contributed by atoms with Gasteiger partial charge in [-0.3, -0.25) is 9.69 Å². The summed E-state index contributed by atoms with van der Waals surface area (Å²) in [6, 6.07) is 0. The van der Waals surface area contributed by atoms with Gasteiger partial charge in [-0.15, -0.1) is 6.58 Å². The lowest BCUT2D eigenvalue weighted by molar-refractivity contribution is -0.146. The molecule has 0 spiro atoms. The van der Waals surface area contributed by atoms with E-state index < -0.39 is 0 Å². The third-order valence-corrected chi connectivity index (χ3v) is 3.71. The Morgan fingerprint density at radius 3 is 3.11 bits per heavy atom. The van der Waals surface area contributed by atoms with Crippen LogP contribution in [0, 0.1) is 5.92 Å². The summed E-state index contributed by atoms with van der Waals surface area (Å²) in [5, 5.41) is 0. The fraction of sp³-hybridized carbons (Fsp3) is 0.667. The number of allylic oxidation sites excluding steroid dienone is 2. The molecule has 0 aromatic carbocycles. The van der Waals surface area contributed by atoms with E-state index in [0.717, 1.165) is 57.5 Å². The van der Waals surface area contributed by atoms with E-state index in [0.29, 0.717) is 0 Å². The van der Waals surface area contributed by atoms with Gasteiger partial charge in [-0.05, 0) is 44.7 Å². The normalized spacial score (nSPS) is 25.3. The molecule has 1 aliphatic carbocycles. The van der Waals surface area contributed by atoms with Gasteiger partial charge in [0.2, 0.25) is 0 Å². The van der Waals surface area contributed by atoms with E-state index in [-0.39, 0.29) is 11.9 Å². The Kier molecular flexibility index (Phi) is 5.00. The van der Waals surface area contributed by atoms with Gasteiger partial charge in [0.25, 0.3) is 0 Å². The van der Waals surface area contributed by atoms with Crippen LogP contribution in [-0.4, -0.2) is 30.5 Å². The summed E-state index contributed by atoms with van der Waals surface area (Å²) in [6.07, 6.45) is 10.4. The van der Waals surface area contributed by atoms with Crippen LogP contribution in [0.4, 0.5) is 0 Å². The molecule has 0 N–H and O–H groups in total. The van der Waals surface area contributed by atoms with Gasteiger partial charge in [-0.1, -0.05) is 6.08 Å². The molecule has 0 aromatic heterocycles. The first kappa shape index (κ1) is 13.3. The number of esters is 1. The Balaban J connectivity index is 1.84.